The molecule has 0 spiro atoms. The van der Waals surface area contributed by atoms with Gasteiger partial charge in [-0.3, -0.25) is 0 Å². The molecule has 0 aromatic carbocycles. The Hall–Kier alpha value is -0.153. The SMILES string of the molecule is C[Si](C)(C)c1sccc1F. The summed E-state index contributed by atoms with van der Waals surface area (Å²) in [5.74, 6) is -0.0100. The Morgan fingerprint density at radius 1 is 1.40 bits per heavy atom. The molecule has 0 aliphatic heterocycles. The number of thiophene rings is 1. The molecule has 1 aromatic heterocycles. The first-order chi connectivity index (χ1) is 4.52. The molecule has 0 nitrogen and oxygen atoms in total. The van der Waals surface area contributed by atoms with E-state index in [2.05, 4.69) is 19.6 Å². The molecule has 3 heteroatoms. The van der Waals surface area contributed by atoms with Gasteiger partial charge in [0, 0.05) is 4.50 Å². The predicted octanol–water partition coefficient (Wildman–Crippen LogP) is 2.43. The zero-order valence-electron chi connectivity index (χ0n) is 6.44. The van der Waals surface area contributed by atoms with E-state index >= 15 is 0 Å². The molecule has 0 unspecified atom stereocenters. The van der Waals surface area contributed by atoms with E-state index in [-0.39, 0.29) is 5.82 Å². The Balaban J connectivity index is 3.05. The van der Waals surface area contributed by atoms with Crippen molar-refractivity contribution < 1.29 is 4.39 Å². The highest BCUT2D eigenvalue weighted by atomic mass is 32.1. The first-order valence-electron chi connectivity index (χ1n) is 3.25. The fourth-order valence-electron chi connectivity index (χ4n) is 0.829. The smallest absolute Gasteiger partial charge is 0.132 e. The van der Waals surface area contributed by atoms with Crippen LogP contribution in [0.4, 0.5) is 4.39 Å². The fourth-order valence-corrected chi connectivity index (χ4v) is 3.75. The van der Waals surface area contributed by atoms with Gasteiger partial charge in [0.05, 0.1) is 8.07 Å². The molecule has 10 heavy (non-hydrogen) atoms. The van der Waals surface area contributed by atoms with E-state index in [9.17, 15) is 4.39 Å². The maximum absolute atomic E-state index is 12.9. The zero-order valence-corrected chi connectivity index (χ0v) is 8.26. The molecule has 1 aromatic rings. The first-order valence-corrected chi connectivity index (χ1v) is 7.63. The molecule has 0 saturated carbocycles. The Morgan fingerprint density at radius 2 is 2.00 bits per heavy atom. The van der Waals surface area contributed by atoms with Crippen LogP contribution in [0.2, 0.25) is 19.6 Å². The van der Waals surface area contributed by atoms with E-state index in [4.69, 9.17) is 0 Å². The third kappa shape index (κ3) is 1.46. The minimum Gasteiger partial charge on any atom is -0.206 e. The summed E-state index contributed by atoms with van der Waals surface area (Å²) in [6, 6.07) is 1.55. The summed E-state index contributed by atoms with van der Waals surface area (Å²) < 4.78 is 13.9. The molecule has 0 N–H and O–H groups in total. The van der Waals surface area contributed by atoms with Crippen LogP contribution in [0.1, 0.15) is 0 Å². The van der Waals surface area contributed by atoms with E-state index < -0.39 is 8.07 Å². The van der Waals surface area contributed by atoms with Gasteiger partial charge in [0.15, 0.2) is 0 Å². The molecule has 0 fully saturated rings. The largest absolute Gasteiger partial charge is 0.206 e. The van der Waals surface area contributed by atoms with Gasteiger partial charge in [-0.15, -0.1) is 0 Å². The van der Waals surface area contributed by atoms with Crippen molar-refractivity contribution in [2.45, 2.75) is 19.6 Å². The Bertz CT molecular complexity index is 224. The lowest BCUT2D eigenvalue weighted by Crippen LogP contribution is -2.37. The zero-order chi connectivity index (χ0) is 7.78. The molecule has 56 valence electrons. The fraction of sp³-hybridized carbons (Fsp3) is 0.429. The van der Waals surface area contributed by atoms with Gasteiger partial charge in [0.2, 0.25) is 0 Å². The maximum atomic E-state index is 12.9. The normalized spacial score (nSPS) is 12.0. The molecule has 0 aliphatic rings. The number of halogens is 1. The van der Waals surface area contributed by atoms with Crippen molar-refractivity contribution in [1.82, 2.24) is 0 Å². The second kappa shape index (κ2) is 2.47. The minimum atomic E-state index is -1.38. The molecule has 0 bridgehead atoms. The lowest BCUT2D eigenvalue weighted by molar-refractivity contribution is 0.639. The van der Waals surface area contributed by atoms with E-state index in [1.807, 2.05) is 5.38 Å². The highest BCUT2D eigenvalue weighted by molar-refractivity contribution is 7.25. The molecular weight excluding hydrogens is 163 g/mol. The molecule has 0 amide bonds. The molecule has 1 heterocycles. The number of hydrogen-bond acceptors (Lipinski definition) is 1. The molecule has 0 saturated heterocycles. The van der Waals surface area contributed by atoms with Crippen LogP contribution >= 0.6 is 11.3 Å². The van der Waals surface area contributed by atoms with Crippen LogP contribution in [0.3, 0.4) is 0 Å². The molecule has 1 rings (SSSR count). The van der Waals surface area contributed by atoms with Crippen molar-refractivity contribution in [2.75, 3.05) is 0 Å². The van der Waals surface area contributed by atoms with E-state index in [0.717, 1.165) is 4.50 Å². The Morgan fingerprint density at radius 3 is 2.20 bits per heavy atom. The third-order valence-corrected chi connectivity index (χ3v) is 5.79. The van der Waals surface area contributed by atoms with Gasteiger partial charge in [0.1, 0.15) is 5.82 Å². The quantitative estimate of drug-likeness (QED) is 0.574. The van der Waals surface area contributed by atoms with Gasteiger partial charge in [-0.1, -0.05) is 19.6 Å². The van der Waals surface area contributed by atoms with Crippen LogP contribution in [0, 0.1) is 5.82 Å². The topological polar surface area (TPSA) is 0 Å². The highest BCUT2D eigenvalue weighted by Gasteiger charge is 2.21. The van der Waals surface area contributed by atoms with Crippen molar-refractivity contribution in [3.05, 3.63) is 17.3 Å². The summed E-state index contributed by atoms with van der Waals surface area (Å²) in [5, 5.41) is 1.82. The van der Waals surface area contributed by atoms with Gasteiger partial charge in [-0.2, -0.15) is 11.3 Å². The van der Waals surface area contributed by atoms with E-state index in [1.54, 1.807) is 17.4 Å². The molecule has 0 radical (unpaired) electrons. The second-order valence-electron chi connectivity index (χ2n) is 3.35. The number of hydrogen-bond donors (Lipinski definition) is 0. The van der Waals surface area contributed by atoms with Gasteiger partial charge < -0.3 is 0 Å². The summed E-state index contributed by atoms with van der Waals surface area (Å²) in [6.45, 7) is 6.46. The van der Waals surface area contributed by atoms with Gasteiger partial charge in [-0.05, 0) is 11.4 Å². The Kier molecular flexibility index (Phi) is 1.96. The van der Waals surface area contributed by atoms with Gasteiger partial charge in [-0.25, -0.2) is 4.39 Å². The van der Waals surface area contributed by atoms with Crippen molar-refractivity contribution in [3.63, 3.8) is 0 Å². The van der Waals surface area contributed by atoms with Crippen LogP contribution < -0.4 is 4.50 Å². The maximum Gasteiger partial charge on any atom is 0.132 e. The summed E-state index contributed by atoms with van der Waals surface area (Å²) in [7, 11) is -1.38. The molecular formula is C7H11FSSi. The standard InChI is InChI=1S/C7H11FSSi/c1-10(2,3)7-6(8)4-5-9-7/h4-5H,1-3H3. The summed E-state index contributed by atoms with van der Waals surface area (Å²) in [6.07, 6.45) is 0. The average molecular weight is 174 g/mol. The van der Waals surface area contributed by atoms with Crippen molar-refractivity contribution >= 4 is 23.9 Å². The van der Waals surface area contributed by atoms with Crippen LogP contribution in [-0.2, 0) is 0 Å². The van der Waals surface area contributed by atoms with E-state index in [0.29, 0.717) is 0 Å². The lowest BCUT2D eigenvalue weighted by atomic mass is 10.6. The van der Waals surface area contributed by atoms with Crippen molar-refractivity contribution in [1.29, 1.82) is 0 Å². The van der Waals surface area contributed by atoms with Crippen molar-refractivity contribution in [3.8, 4) is 0 Å². The third-order valence-electron chi connectivity index (χ3n) is 1.30. The van der Waals surface area contributed by atoms with Gasteiger partial charge in [0.25, 0.3) is 0 Å². The summed E-state index contributed by atoms with van der Waals surface area (Å²) in [5.41, 5.74) is 0. The monoisotopic (exact) mass is 174 g/mol. The summed E-state index contributed by atoms with van der Waals surface area (Å²) in [4.78, 5) is 0. The van der Waals surface area contributed by atoms with Gasteiger partial charge >= 0.3 is 0 Å². The molecule has 0 aliphatic carbocycles. The lowest BCUT2D eigenvalue weighted by Gasteiger charge is -2.12. The van der Waals surface area contributed by atoms with Crippen LogP contribution in [0.15, 0.2) is 11.4 Å². The first kappa shape index (κ1) is 7.95. The minimum absolute atomic E-state index is 0.0100. The summed E-state index contributed by atoms with van der Waals surface area (Å²) >= 11 is 1.54. The van der Waals surface area contributed by atoms with Crippen LogP contribution in [0.5, 0.6) is 0 Å². The molecule has 0 atom stereocenters. The van der Waals surface area contributed by atoms with Crippen LogP contribution in [0.25, 0.3) is 0 Å². The second-order valence-corrected chi connectivity index (χ2v) is 9.63. The predicted molar refractivity (Wildman–Crippen MR) is 47.3 cm³/mol. The Labute approximate surface area is 65.7 Å². The van der Waals surface area contributed by atoms with Crippen LogP contribution in [-0.4, -0.2) is 8.07 Å². The number of rotatable bonds is 1. The van der Waals surface area contributed by atoms with Crippen molar-refractivity contribution in [2.24, 2.45) is 0 Å². The highest BCUT2D eigenvalue weighted by Crippen LogP contribution is 2.10. The van der Waals surface area contributed by atoms with E-state index in [1.165, 1.54) is 0 Å². The average Bonchev–Trinajstić information content (AvgIpc) is 2.11.